The Kier molecular flexibility index (Phi) is 5.11. The van der Waals surface area contributed by atoms with E-state index in [2.05, 4.69) is 10.3 Å². The number of rotatable bonds is 5. The molecule has 140 valence electrons. The van der Waals surface area contributed by atoms with Gasteiger partial charge in [0.05, 0.1) is 23.2 Å². The molecule has 0 saturated heterocycles. The largest absolute Gasteiger partial charge is 0.497 e. The van der Waals surface area contributed by atoms with Gasteiger partial charge in [-0.3, -0.25) is 9.78 Å². The van der Waals surface area contributed by atoms with E-state index in [4.69, 9.17) is 4.74 Å². The first-order valence-corrected chi connectivity index (χ1v) is 9.53. The van der Waals surface area contributed by atoms with Crippen LogP contribution in [0.2, 0.25) is 0 Å². The summed E-state index contributed by atoms with van der Waals surface area (Å²) >= 11 is 0. The van der Waals surface area contributed by atoms with Crippen LogP contribution in [-0.2, 0) is 10.0 Å². The number of pyridine rings is 1. The highest BCUT2D eigenvalue weighted by atomic mass is 32.2. The monoisotopic (exact) mass is 385 g/mol. The number of methoxy groups -OCH3 is 1. The van der Waals surface area contributed by atoms with Gasteiger partial charge < -0.3 is 10.1 Å². The normalized spacial score (nSPS) is 11.6. The van der Waals surface area contributed by atoms with Gasteiger partial charge in [-0.05, 0) is 42.5 Å². The number of nitrogens with one attached hydrogen (secondary N) is 1. The minimum atomic E-state index is -3.62. The summed E-state index contributed by atoms with van der Waals surface area (Å²) in [6, 6.07) is 13.0. The van der Waals surface area contributed by atoms with E-state index in [9.17, 15) is 13.2 Å². The predicted molar refractivity (Wildman–Crippen MR) is 104 cm³/mol. The quantitative estimate of drug-likeness (QED) is 0.730. The van der Waals surface area contributed by atoms with E-state index in [0.29, 0.717) is 17.0 Å². The summed E-state index contributed by atoms with van der Waals surface area (Å²) in [7, 11) is 0.825. The number of amides is 1. The highest BCUT2D eigenvalue weighted by Crippen LogP contribution is 2.26. The van der Waals surface area contributed by atoms with Crippen molar-refractivity contribution in [2.24, 2.45) is 0 Å². The van der Waals surface area contributed by atoms with Gasteiger partial charge in [0.1, 0.15) is 5.75 Å². The van der Waals surface area contributed by atoms with Gasteiger partial charge in [0.15, 0.2) is 0 Å². The zero-order chi connectivity index (χ0) is 19.6. The van der Waals surface area contributed by atoms with E-state index in [-0.39, 0.29) is 10.5 Å². The summed E-state index contributed by atoms with van der Waals surface area (Å²) in [5.74, 6) is 0.228. The first-order chi connectivity index (χ1) is 12.8. The van der Waals surface area contributed by atoms with E-state index in [1.807, 2.05) is 0 Å². The van der Waals surface area contributed by atoms with Gasteiger partial charge in [-0.1, -0.05) is 6.07 Å². The number of carbonyl (C=O) groups excluding carboxylic acids is 1. The average Bonchev–Trinajstić information content (AvgIpc) is 2.67. The molecule has 0 aliphatic rings. The van der Waals surface area contributed by atoms with E-state index >= 15 is 0 Å². The van der Waals surface area contributed by atoms with Crippen LogP contribution in [0.5, 0.6) is 5.75 Å². The van der Waals surface area contributed by atoms with Crippen molar-refractivity contribution in [3.05, 3.63) is 60.3 Å². The van der Waals surface area contributed by atoms with Gasteiger partial charge in [0, 0.05) is 31.2 Å². The lowest BCUT2D eigenvalue weighted by Crippen LogP contribution is -2.22. The molecule has 0 atom stereocenters. The summed E-state index contributed by atoms with van der Waals surface area (Å²) in [6.07, 6.45) is 1.59. The fourth-order valence-electron chi connectivity index (χ4n) is 2.56. The summed E-state index contributed by atoms with van der Waals surface area (Å²) in [5.41, 5.74) is 1.51. The molecular weight excluding hydrogens is 366 g/mol. The van der Waals surface area contributed by atoms with Gasteiger partial charge in [-0.25, -0.2) is 12.7 Å². The molecule has 0 unspecified atom stereocenters. The highest BCUT2D eigenvalue weighted by molar-refractivity contribution is 7.89. The van der Waals surface area contributed by atoms with Crippen LogP contribution in [0.1, 0.15) is 10.4 Å². The standard InChI is InChI=1S/C19H19N3O4S/c1-22(2)27(24,25)15-6-4-5-13(11-15)19(23)21-18-9-10-20-17-8-7-14(26-3)12-16(17)18/h4-12H,1-3H3,(H,20,21,23). The van der Waals surface area contributed by atoms with Crippen LogP contribution in [0.4, 0.5) is 5.69 Å². The van der Waals surface area contributed by atoms with Gasteiger partial charge in [-0.15, -0.1) is 0 Å². The van der Waals surface area contributed by atoms with Gasteiger partial charge in [0.25, 0.3) is 5.91 Å². The summed E-state index contributed by atoms with van der Waals surface area (Å²) < 4.78 is 30.9. The van der Waals surface area contributed by atoms with Crippen molar-refractivity contribution in [2.45, 2.75) is 4.90 Å². The zero-order valence-electron chi connectivity index (χ0n) is 15.1. The van der Waals surface area contributed by atoms with Crippen molar-refractivity contribution in [1.29, 1.82) is 0 Å². The number of hydrogen-bond donors (Lipinski definition) is 1. The molecule has 3 rings (SSSR count). The molecule has 1 N–H and O–H groups in total. The average molecular weight is 385 g/mol. The summed E-state index contributed by atoms with van der Waals surface area (Å²) in [6.45, 7) is 0. The number of carbonyl (C=O) groups is 1. The maximum absolute atomic E-state index is 12.7. The van der Waals surface area contributed by atoms with Gasteiger partial charge in [0.2, 0.25) is 10.0 Å². The first-order valence-electron chi connectivity index (χ1n) is 8.09. The Morgan fingerprint density at radius 2 is 1.89 bits per heavy atom. The number of fused-ring (bicyclic) bond motifs is 1. The van der Waals surface area contributed by atoms with Crippen LogP contribution in [0, 0.1) is 0 Å². The molecule has 0 aliphatic heterocycles. The molecule has 3 aromatic rings. The maximum atomic E-state index is 12.7. The van der Waals surface area contributed by atoms with Crippen molar-refractivity contribution in [1.82, 2.24) is 9.29 Å². The zero-order valence-corrected chi connectivity index (χ0v) is 15.9. The van der Waals surface area contributed by atoms with Crippen molar-refractivity contribution >= 4 is 32.5 Å². The molecule has 0 spiro atoms. The molecule has 0 bridgehead atoms. The minimum Gasteiger partial charge on any atom is -0.497 e. The van der Waals surface area contributed by atoms with Crippen molar-refractivity contribution in [3.63, 3.8) is 0 Å². The summed E-state index contributed by atoms with van der Waals surface area (Å²) in [5, 5.41) is 3.54. The molecule has 2 aromatic carbocycles. The third-order valence-corrected chi connectivity index (χ3v) is 5.88. The Balaban J connectivity index is 1.96. The molecule has 1 aromatic heterocycles. The van der Waals surface area contributed by atoms with Gasteiger partial charge in [-0.2, -0.15) is 0 Å². The van der Waals surface area contributed by atoms with Crippen LogP contribution in [-0.4, -0.2) is 44.8 Å². The Labute approximate surface area is 157 Å². The second-order valence-electron chi connectivity index (χ2n) is 6.01. The molecule has 8 heteroatoms. The fourth-order valence-corrected chi connectivity index (χ4v) is 3.51. The number of nitrogens with zero attached hydrogens (tertiary/aromatic N) is 2. The lowest BCUT2D eigenvalue weighted by Gasteiger charge is -2.13. The third kappa shape index (κ3) is 3.76. The SMILES string of the molecule is COc1ccc2nccc(NC(=O)c3cccc(S(=O)(=O)N(C)C)c3)c2c1. The number of ether oxygens (including phenoxy) is 1. The lowest BCUT2D eigenvalue weighted by atomic mass is 10.1. The maximum Gasteiger partial charge on any atom is 0.255 e. The second kappa shape index (κ2) is 7.34. The Morgan fingerprint density at radius 1 is 1.11 bits per heavy atom. The molecule has 27 heavy (non-hydrogen) atoms. The topological polar surface area (TPSA) is 88.6 Å². The molecule has 0 radical (unpaired) electrons. The van der Waals surface area contributed by atoms with Crippen LogP contribution < -0.4 is 10.1 Å². The van der Waals surface area contributed by atoms with Crippen molar-refractivity contribution in [2.75, 3.05) is 26.5 Å². The first kappa shape index (κ1) is 18.8. The van der Waals surface area contributed by atoms with E-state index < -0.39 is 15.9 Å². The van der Waals surface area contributed by atoms with Crippen LogP contribution in [0.25, 0.3) is 10.9 Å². The highest BCUT2D eigenvalue weighted by Gasteiger charge is 2.19. The number of sulfonamides is 1. The minimum absolute atomic E-state index is 0.0569. The Bertz CT molecular complexity index is 1110. The molecular formula is C19H19N3O4S. The third-order valence-electron chi connectivity index (χ3n) is 4.07. The lowest BCUT2D eigenvalue weighted by molar-refractivity contribution is 0.102. The Hall–Kier alpha value is -2.97. The van der Waals surface area contributed by atoms with Crippen molar-refractivity contribution < 1.29 is 17.9 Å². The summed E-state index contributed by atoms with van der Waals surface area (Å²) in [4.78, 5) is 17.0. The predicted octanol–water partition coefficient (Wildman–Crippen LogP) is 2.75. The number of aromatic nitrogens is 1. The van der Waals surface area contributed by atoms with Crippen LogP contribution in [0.15, 0.2) is 59.6 Å². The molecule has 0 fully saturated rings. The number of hydrogen-bond acceptors (Lipinski definition) is 5. The van der Waals surface area contributed by atoms with E-state index in [1.54, 1.807) is 49.7 Å². The molecule has 1 heterocycles. The van der Waals surface area contributed by atoms with E-state index in [1.165, 1.54) is 26.2 Å². The van der Waals surface area contributed by atoms with Gasteiger partial charge >= 0.3 is 0 Å². The molecule has 1 amide bonds. The molecule has 7 nitrogen and oxygen atoms in total. The smallest absolute Gasteiger partial charge is 0.255 e. The molecule has 0 saturated carbocycles. The van der Waals surface area contributed by atoms with Crippen molar-refractivity contribution in [3.8, 4) is 5.75 Å². The van der Waals surface area contributed by atoms with Crippen LogP contribution >= 0.6 is 0 Å². The fraction of sp³-hybridized carbons (Fsp3) is 0.158. The Morgan fingerprint density at radius 3 is 2.59 bits per heavy atom. The number of anilines is 1. The molecule has 0 aliphatic carbocycles. The van der Waals surface area contributed by atoms with E-state index in [0.717, 1.165) is 9.69 Å². The number of benzene rings is 2. The second-order valence-corrected chi connectivity index (χ2v) is 8.16. The van der Waals surface area contributed by atoms with Crippen LogP contribution in [0.3, 0.4) is 0 Å².